The van der Waals surface area contributed by atoms with Gasteiger partial charge < -0.3 is 31.4 Å². The topological polar surface area (TPSA) is 146 Å². The number of aromatic nitrogens is 2. The molecule has 3 aromatic rings. The number of phenolic OH excluding ortho intramolecular Hbond substituents is 1. The second kappa shape index (κ2) is 11.8. The number of phenols is 1. The average molecular weight is 450 g/mol. The quantitative estimate of drug-likeness (QED) is 0.326. The minimum absolute atomic E-state index is 0.125. The van der Waals surface area contributed by atoms with Gasteiger partial charge in [0, 0.05) is 17.3 Å². The van der Waals surface area contributed by atoms with Crippen LogP contribution >= 0.6 is 0 Å². The molecule has 1 aromatic heterocycles. The van der Waals surface area contributed by atoms with Crippen molar-refractivity contribution in [2.75, 3.05) is 31.0 Å². The van der Waals surface area contributed by atoms with Gasteiger partial charge in [0.2, 0.25) is 5.88 Å². The third-order valence-electron chi connectivity index (χ3n) is 4.33. The Morgan fingerprint density at radius 3 is 2.39 bits per heavy atom. The highest BCUT2D eigenvalue weighted by molar-refractivity contribution is 6.08. The molecule has 0 unspecified atom stereocenters. The number of allylic oxidation sites excluding steroid dienone is 1. The number of para-hydroxylation sites is 1. The van der Waals surface area contributed by atoms with Crippen LogP contribution in [0.1, 0.15) is 28.4 Å². The first kappa shape index (κ1) is 24.7. The van der Waals surface area contributed by atoms with E-state index in [1.807, 2.05) is 37.3 Å². The minimum atomic E-state index is -0.420. The van der Waals surface area contributed by atoms with Crippen LogP contribution in [0.5, 0.6) is 17.6 Å². The molecular weight excluding hydrogens is 422 g/mol. The largest absolute Gasteiger partial charge is 0.505 e. The maximum absolute atomic E-state index is 12.4. The summed E-state index contributed by atoms with van der Waals surface area (Å²) in [4.78, 5) is 20.0. The van der Waals surface area contributed by atoms with Crippen molar-refractivity contribution >= 4 is 35.3 Å². The van der Waals surface area contributed by atoms with Crippen LogP contribution in [0.4, 0.5) is 17.2 Å². The number of ether oxygens (including phenoxy) is 2. The first-order chi connectivity index (χ1) is 15.8. The Bertz CT molecular complexity index is 1130. The van der Waals surface area contributed by atoms with E-state index in [1.54, 1.807) is 24.3 Å². The molecule has 33 heavy (non-hydrogen) atoms. The van der Waals surface area contributed by atoms with E-state index in [1.165, 1.54) is 20.3 Å². The number of nitrogens with two attached hydrogens (primary N) is 2. The van der Waals surface area contributed by atoms with Crippen LogP contribution < -0.4 is 26.3 Å². The second-order valence-electron chi connectivity index (χ2n) is 6.54. The molecule has 0 saturated carbocycles. The molecule has 0 saturated heterocycles. The molecule has 0 aliphatic rings. The molecule has 172 valence electrons. The summed E-state index contributed by atoms with van der Waals surface area (Å²) >= 11 is 0. The fraction of sp³-hybridized carbons (Fsp3) is 0.125. The molecule has 1 heterocycles. The van der Waals surface area contributed by atoms with Gasteiger partial charge in [0.15, 0.2) is 5.75 Å². The van der Waals surface area contributed by atoms with Crippen molar-refractivity contribution in [3.63, 3.8) is 0 Å². The molecule has 0 aliphatic heterocycles. The molecule has 0 aliphatic carbocycles. The maximum atomic E-state index is 12.4. The zero-order valence-corrected chi connectivity index (χ0v) is 18.7. The molecule has 2 aromatic carbocycles. The second-order valence-corrected chi connectivity index (χ2v) is 6.54. The Labute approximate surface area is 192 Å². The molecule has 0 radical (unpaired) electrons. The van der Waals surface area contributed by atoms with E-state index in [4.69, 9.17) is 20.9 Å². The summed E-state index contributed by atoms with van der Waals surface area (Å²) in [6, 6.07) is 12.3. The van der Waals surface area contributed by atoms with Gasteiger partial charge in [-0.2, -0.15) is 9.97 Å². The lowest BCUT2D eigenvalue weighted by Gasteiger charge is -2.13. The fourth-order valence-electron chi connectivity index (χ4n) is 2.78. The van der Waals surface area contributed by atoms with E-state index in [-0.39, 0.29) is 23.0 Å². The number of hydrogen-bond acceptors (Lipinski definition) is 8. The Balaban J connectivity index is 0.000000294. The van der Waals surface area contributed by atoms with Gasteiger partial charge in [-0.1, -0.05) is 43.0 Å². The first-order valence-corrected chi connectivity index (χ1v) is 9.84. The summed E-state index contributed by atoms with van der Waals surface area (Å²) in [6.45, 7) is 5.55. The number of aromatic hydroxyl groups is 1. The maximum Gasteiger partial charge on any atom is 0.321 e. The van der Waals surface area contributed by atoms with Crippen LogP contribution in [0.2, 0.25) is 0 Å². The van der Waals surface area contributed by atoms with Crippen molar-refractivity contribution in [2.24, 2.45) is 0 Å². The molecule has 1 amide bonds. The first-order valence-electron chi connectivity index (χ1n) is 9.84. The SMILES string of the molecule is C=Cc1c(/C=C/C)cc(C(=O)Nc2ccccc2)c(O)c1N.COc1cc(N)nc(OC)n1. The highest BCUT2D eigenvalue weighted by Crippen LogP contribution is 2.33. The number of nitrogens with zero attached hydrogens (tertiary/aromatic N) is 2. The van der Waals surface area contributed by atoms with E-state index in [0.29, 0.717) is 22.9 Å². The Morgan fingerprint density at radius 2 is 1.82 bits per heavy atom. The van der Waals surface area contributed by atoms with Crippen molar-refractivity contribution in [1.82, 2.24) is 9.97 Å². The molecule has 0 spiro atoms. The summed E-state index contributed by atoms with van der Waals surface area (Å²) in [5.41, 5.74) is 13.6. The number of nitrogens with one attached hydrogen (secondary N) is 1. The van der Waals surface area contributed by atoms with E-state index < -0.39 is 5.91 Å². The molecule has 3 rings (SSSR count). The summed E-state index contributed by atoms with van der Waals surface area (Å²) < 4.78 is 9.58. The highest BCUT2D eigenvalue weighted by atomic mass is 16.5. The normalized spacial score (nSPS) is 10.2. The van der Waals surface area contributed by atoms with Crippen molar-refractivity contribution in [3.05, 3.63) is 71.8 Å². The fourth-order valence-corrected chi connectivity index (χ4v) is 2.78. The molecule has 0 fully saturated rings. The number of rotatable bonds is 6. The van der Waals surface area contributed by atoms with Gasteiger partial charge >= 0.3 is 6.01 Å². The van der Waals surface area contributed by atoms with Gasteiger partial charge in [0.25, 0.3) is 5.91 Å². The minimum Gasteiger partial charge on any atom is -0.505 e. The summed E-state index contributed by atoms with van der Waals surface area (Å²) in [5, 5.41) is 12.9. The van der Waals surface area contributed by atoms with Gasteiger partial charge in [0.1, 0.15) is 5.82 Å². The monoisotopic (exact) mass is 449 g/mol. The van der Waals surface area contributed by atoms with Crippen LogP contribution in [0, 0.1) is 0 Å². The Morgan fingerprint density at radius 1 is 1.12 bits per heavy atom. The molecule has 9 heteroatoms. The van der Waals surface area contributed by atoms with E-state index in [0.717, 1.165) is 5.56 Å². The van der Waals surface area contributed by atoms with Gasteiger partial charge in [0.05, 0.1) is 25.5 Å². The lowest BCUT2D eigenvalue weighted by atomic mass is 9.99. The number of anilines is 3. The van der Waals surface area contributed by atoms with Crippen molar-refractivity contribution in [1.29, 1.82) is 0 Å². The van der Waals surface area contributed by atoms with Crippen LogP contribution in [0.15, 0.2) is 55.1 Å². The predicted octanol–water partition coefficient (Wildman–Crippen LogP) is 3.98. The zero-order valence-electron chi connectivity index (χ0n) is 18.7. The molecule has 0 bridgehead atoms. The lowest BCUT2D eigenvalue weighted by Crippen LogP contribution is -2.13. The van der Waals surface area contributed by atoms with E-state index >= 15 is 0 Å². The van der Waals surface area contributed by atoms with E-state index in [9.17, 15) is 9.90 Å². The summed E-state index contributed by atoms with van der Waals surface area (Å²) in [7, 11) is 2.97. The number of nitrogen functional groups attached to an aromatic ring is 2. The van der Waals surface area contributed by atoms with Crippen LogP contribution in [0.3, 0.4) is 0 Å². The summed E-state index contributed by atoms with van der Waals surface area (Å²) in [5.74, 6) is 0.0661. The van der Waals surface area contributed by atoms with Crippen LogP contribution in [-0.2, 0) is 0 Å². The predicted molar refractivity (Wildman–Crippen MR) is 131 cm³/mol. The zero-order chi connectivity index (χ0) is 24.4. The van der Waals surface area contributed by atoms with Gasteiger partial charge in [-0.25, -0.2) is 0 Å². The number of carbonyl (C=O) groups excluding carboxylic acids is 1. The number of hydrogen-bond donors (Lipinski definition) is 4. The molecular formula is C24H27N5O4. The van der Waals surface area contributed by atoms with Crippen molar-refractivity contribution in [2.45, 2.75) is 6.92 Å². The van der Waals surface area contributed by atoms with E-state index in [2.05, 4.69) is 21.9 Å². The molecule has 0 atom stereocenters. The van der Waals surface area contributed by atoms with Crippen LogP contribution in [-0.4, -0.2) is 35.2 Å². The Hall–Kier alpha value is -4.53. The standard InChI is InChI=1S/C18H18N2O2.C6H9N3O2/c1-3-8-12-11-15(17(21)16(19)14(12)4-2)18(22)20-13-9-6-5-7-10-13;1-10-5-3-4(7)8-6(9-5)11-2/h3-11,21H,2,19H2,1H3,(H,20,22);3H,1-2H3,(H2,7,8,9)/b8-3+;. The van der Waals surface area contributed by atoms with Crippen molar-refractivity contribution in [3.8, 4) is 17.6 Å². The summed E-state index contributed by atoms with van der Waals surface area (Å²) in [6.07, 6.45) is 5.20. The number of methoxy groups -OCH3 is 2. The Kier molecular flexibility index (Phi) is 8.81. The number of amides is 1. The van der Waals surface area contributed by atoms with Crippen LogP contribution in [0.25, 0.3) is 12.2 Å². The lowest BCUT2D eigenvalue weighted by molar-refractivity contribution is 0.102. The average Bonchev–Trinajstić information content (AvgIpc) is 2.82. The van der Waals surface area contributed by atoms with Crippen molar-refractivity contribution < 1.29 is 19.4 Å². The number of carbonyl (C=O) groups is 1. The van der Waals surface area contributed by atoms with Gasteiger partial charge in [-0.3, -0.25) is 4.79 Å². The molecule has 6 N–H and O–H groups in total. The third kappa shape index (κ3) is 6.47. The van der Waals surface area contributed by atoms with Gasteiger partial charge in [-0.05, 0) is 30.7 Å². The third-order valence-corrected chi connectivity index (χ3v) is 4.33. The number of benzene rings is 2. The highest BCUT2D eigenvalue weighted by Gasteiger charge is 2.18. The molecule has 9 nitrogen and oxygen atoms in total. The smallest absolute Gasteiger partial charge is 0.321 e. The van der Waals surface area contributed by atoms with Gasteiger partial charge in [-0.15, -0.1) is 0 Å².